The third kappa shape index (κ3) is 3.07. The zero-order chi connectivity index (χ0) is 19.0. The molecule has 2 aromatic heterocycles. The van der Waals surface area contributed by atoms with Crippen molar-refractivity contribution in [2.45, 2.75) is 38.6 Å². The van der Waals surface area contributed by atoms with E-state index < -0.39 is 0 Å². The molecule has 8 nitrogen and oxygen atoms in total. The van der Waals surface area contributed by atoms with Crippen molar-refractivity contribution in [2.75, 3.05) is 26.2 Å². The van der Waals surface area contributed by atoms with Crippen LogP contribution in [0.25, 0.3) is 0 Å². The van der Waals surface area contributed by atoms with Crippen LogP contribution in [-0.4, -0.2) is 61.8 Å². The van der Waals surface area contributed by atoms with E-state index in [1.54, 1.807) is 11.2 Å². The molecule has 2 aliphatic heterocycles. The first kappa shape index (κ1) is 17.9. The minimum atomic E-state index is -0.385. The molecular formula is C19H26N6O2. The summed E-state index contributed by atoms with van der Waals surface area (Å²) in [6.07, 6.45) is 7.07. The summed E-state index contributed by atoms with van der Waals surface area (Å²) in [5.41, 5.74) is 1.95. The van der Waals surface area contributed by atoms with Crippen molar-refractivity contribution in [3.8, 4) is 0 Å². The van der Waals surface area contributed by atoms with Gasteiger partial charge in [-0.1, -0.05) is 13.8 Å². The minimum Gasteiger partial charge on any atom is -0.348 e. The number of piperidine rings is 1. The molecule has 0 aliphatic carbocycles. The second-order valence-electron chi connectivity index (χ2n) is 7.94. The van der Waals surface area contributed by atoms with Gasteiger partial charge < -0.3 is 14.9 Å². The molecule has 2 aromatic rings. The Hall–Kier alpha value is -2.48. The second kappa shape index (κ2) is 6.92. The van der Waals surface area contributed by atoms with Crippen LogP contribution in [0.3, 0.4) is 0 Å². The Balaban J connectivity index is 1.58. The van der Waals surface area contributed by atoms with Crippen LogP contribution >= 0.6 is 0 Å². The number of H-pyrrole nitrogens is 2. The number of amides is 1. The molecule has 1 spiro atoms. The predicted molar refractivity (Wildman–Crippen MR) is 100 cm³/mol. The van der Waals surface area contributed by atoms with Gasteiger partial charge in [-0.2, -0.15) is 0 Å². The number of carbonyl (C=O) groups is 1. The highest BCUT2D eigenvalue weighted by atomic mass is 16.2. The highest BCUT2D eigenvalue weighted by molar-refractivity contribution is 5.93. The van der Waals surface area contributed by atoms with E-state index in [0.717, 1.165) is 38.0 Å². The molecule has 0 atom stereocenters. The van der Waals surface area contributed by atoms with Crippen LogP contribution in [0.1, 0.15) is 48.4 Å². The Kier molecular flexibility index (Phi) is 4.59. The molecule has 8 heteroatoms. The van der Waals surface area contributed by atoms with Gasteiger partial charge in [0.1, 0.15) is 5.56 Å². The van der Waals surface area contributed by atoms with Crippen LogP contribution in [0.5, 0.6) is 0 Å². The maximum absolute atomic E-state index is 12.8. The minimum absolute atomic E-state index is 0.108. The van der Waals surface area contributed by atoms with Crippen molar-refractivity contribution in [1.29, 1.82) is 0 Å². The maximum Gasteiger partial charge on any atom is 0.263 e. The summed E-state index contributed by atoms with van der Waals surface area (Å²) in [6.45, 7) is 7.70. The van der Waals surface area contributed by atoms with E-state index >= 15 is 0 Å². The number of hydrogen-bond donors (Lipinski definition) is 2. The van der Waals surface area contributed by atoms with Gasteiger partial charge in [-0.05, 0) is 18.8 Å². The van der Waals surface area contributed by atoms with Gasteiger partial charge in [0, 0.05) is 44.5 Å². The van der Waals surface area contributed by atoms with Crippen molar-refractivity contribution in [1.82, 2.24) is 29.7 Å². The molecule has 1 saturated heterocycles. The lowest BCUT2D eigenvalue weighted by Gasteiger charge is -2.51. The fraction of sp³-hybridized carbons (Fsp3) is 0.579. The molecule has 1 amide bonds. The normalized spacial score (nSPS) is 19.4. The average molecular weight is 370 g/mol. The lowest BCUT2D eigenvalue weighted by atomic mass is 9.78. The van der Waals surface area contributed by atoms with Gasteiger partial charge in [-0.25, -0.2) is 9.97 Å². The summed E-state index contributed by atoms with van der Waals surface area (Å²) in [5, 5.41) is 0. The number of imidazole rings is 1. The van der Waals surface area contributed by atoms with E-state index in [4.69, 9.17) is 0 Å². The number of hydrogen-bond acceptors (Lipinski definition) is 5. The number of fused-ring (bicyclic) bond motifs is 2. The number of aromatic amines is 2. The van der Waals surface area contributed by atoms with Crippen LogP contribution in [0.4, 0.5) is 0 Å². The van der Waals surface area contributed by atoms with Gasteiger partial charge in [-0.3, -0.25) is 14.5 Å². The second-order valence-corrected chi connectivity index (χ2v) is 7.94. The number of nitrogens with zero attached hydrogens (tertiary/aromatic N) is 4. The van der Waals surface area contributed by atoms with Crippen molar-refractivity contribution >= 4 is 5.91 Å². The van der Waals surface area contributed by atoms with Gasteiger partial charge in [0.15, 0.2) is 0 Å². The third-order valence-corrected chi connectivity index (χ3v) is 5.81. The van der Waals surface area contributed by atoms with Crippen LogP contribution in [0, 0.1) is 5.92 Å². The summed E-state index contributed by atoms with van der Waals surface area (Å²) in [6, 6.07) is 0. The average Bonchev–Trinajstić information content (AvgIpc) is 3.14. The number of likely N-dealkylation sites (tertiary alicyclic amines) is 1. The Morgan fingerprint density at radius 3 is 2.70 bits per heavy atom. The van der Waals surface area contributed by atoms with E-state index in [-0.39, 0.29) is 22.6 Å². The molecule has 0 radical (unpaired) electrons. The van der Waals surface area contributed by atoms with Crippen LogP contribution < -0.4 is 5.56 Å². The molecule has 4 rings (SSSR count). The lowest BCUT2D eigenvalue weighted by Crippen LogP contribution is -2.58. The molecular weight excluding hydrogens is 344 g/mol. The summed E-state index contributed by atoms with van der Waals surface area (Å²) in [7, 11) is 0. The molecule has 1 fully saturated rings. The van der Waals surface area contributed by atoms with Crippen molar-refractivity contribution in [2.24, 2.45) is 5.92 Å². The zero-order valence-electron chi connectivity index (χ0n) is 15.9. The molecule has 144 valence electrons. The van der Waals surface area contributed by atoms with Gasteiger partial charge in [-0.15, -0.1) is 0 Å². The topological polar surface area (TPSA) is 98.0 Å². The molecule has 0 bridgehead atoms. The van der Waals surface area contributed by atoms with Crippen molar-refractivity contribution in [3.05, 3.63) is 46.2 Å². The lowest BCUT2D eigenvalue weighted by molar-refractivity contribution is 0.000558. The number of rotatable bonds is 3. The molecule has 0 aromatic carbocycles. The van der Waals surface area contributed by atoms with E-state index in [1.807, 2.05) is 0 Å². The van der Waals surface area contributed by atoms with E-state index in [0.29, 0.717) is 19.0 Å². The largest absolute Gasteiger partial charge is 0.348 e. The van der Waals surface area contributed by atoms with Crippen LogP contribution in [0.15, 0.2) is 23.6 Å². The van der Waals surface area contributed by atoms with Crippen molar-refractivity contribution in [3.63, 3.8) is 0 Å². The van der Waals surface area contributed by atoms with E-state index in [2.05, 4.69) is 38.7 Å². The monoisotopic (exact) mass is 370 g/mol. The van der Waals surface area contributed by atoms with Crippen LogP contribution in [-0.2, 0) is 12.0 Å². The fourth-order valence-corrected chi connectivity index (χ4v) is 4.53. The Bertz CT molecular complexity index is 878. The first-order valence-corrected chi connectivity index (χ1v) is 9.61. The van der Waals surface area contributed by atoms with Crippen LogP contribution in [0.2, 0.25) is 0 Å². The van der Waals surface area contributed by atoms with E-state index in [1.165, 1.54) is 18.2 Å². The van der Waals surface area contributed by atoms with Gasteiger partial charge in [0.05, 0.1) is 23.9 Å². The SMILES string of the molecule is CC(C)CN1CCc2[nH]cnc2C12CCN(C(=O)c1cnc[nH]c1=O)CC2. The molecule has 2 aliphatic rings. The van der Waals surface area contributed by atoms with E-state index in [9.17, 15) is 9.59 Å². The maximum atomic E-state index is 12.8. The highest BCUT2D eigenvalue weighted by Gasteiger charge is 2.47. The number of nitrogens with one attached hydrogen (secondary N) is 2. The first-order valence-electron chi connectivity index (χ1n) is 9.61. The fourth-order valence-electron chi connectivity index (χ4n) is 4.53. The molecule has 27 heavy (non-hydrogen) atoms. The smallest absolute Gasteiger partial charge is 0.263 e. The Morgan fingerprint density at radius 2 is 2.00 bits per heavy atom. The summed E-state index contributed by atoms with van der Waals surface area (Å²) < 4.78 is 0. The zero-order valence-corrected chi connectivity index (χ0v) is 15.9. The molecule has 0 saturated carbocycles. The molecule has 4 heterocycles. The van der Waals surface area contributed by atoms with Crippen molar-refractivity contribution < 1.29 is 4.79 Å². The standard InChI is InChI=1S/C19H26N6O2/c1-13(2)10-25-6-3-15-16(22-12-21-15)19(25)4-7-24(8-5-19)18(27)14-9-20-11-23-17(14)26/h9,11-13H,3-8,10H2,1-2H3,(H,21,22)(H,20,23,26). The van der Waals surface area contributed by atoms with Gasteiger partial charge in [0.25, 0.3) is 11.5 Å². The van der Waals surface area contributed by atoms with Gasteiger partial charge in [0.2, 0.25) is 0 Å². The summed E-state index contributed by atoms with van der Waals surface area (Å²) >= 11 is 0. The quantitative estimate of drug-likeness (QED) is 0.844. The summed E-state index contributed by atoms with van der Waals surface area (Å²) in [5.74, 6) is 0.323. The Morgan fingerprint density at radius 1 is 1.22 bits per heavy atom. The molecule has 2 N–H and O–H groups in total. The highest BCUT2D eigenvalue weighted by Crippen LogP contribution is 2.42. The predicted octanol–water partition coefficient (Wildman–Crippen LogP) is 1.14. The third-order valence-electron chi connectivity index (χ3n) is 5.81. The number of carbonyl (C=O) groups excluding carboxylic acids is 1. The summed E-state index contributed by atoms with van der Waals surface area (Å²) in [4.78, 5) is 43.4. The number of aromatic nitrogens is 4. The first-order chi connectivity index (χ1) is 13.0. The van der Waals surface area contributed by atoms with Gasteiger partial charge >= 0.3 is 0 Å². The Labute approximate surface area is 158 Å². The molecule has 0 unspecified atom stereocenters.